The van der Waals surface area contributed by atoms with Crippen molar-refractivity contribution in [1.82, 2.24) is 10.6 Å². The van der Waals surface area contributed by atoms with Gasteiger partial charge in [-0.05, 0) is 25.2 Å². The van der Waals surface area contributed by atoms with Gasteiger partial charge in [0.2, 0.25) is 0 Å². The van der Waals surface area contributed by atoms with Crippen LogP contribution in [0.2, 0.25) is 0 Å². The predicted octanol–water partition coefficient (Wildman–Crippen LogP) is 2.55. The van der Waals surface area contributed by atoms with Crippen molar-refractivity contribution < 1.29 is 4.74 Å². The van der Waals surface area contributed by atoms with Crippen LogP contribution in [0, 0.1) is 5.92 Å². The highest BCUT2D eigenvalue weighted by atomic mass is 16.5. The zero-order chi connectivity index (χ0) is 13.8. The molecule has 0 bridgehead atoms. The maximum atomic E-state index is 5.02. The number of ether oxygens (including phenoxy) is 1. The van der Waals surface area contributed by atoms with Crippen molar-refractivity contribution in [2.45, 2.75) is 51.4 Å². The highest BCUT2D eigenvalue weighted by Crippen LogP contribution is 2.26. The molecule has 0 amide bonds. The van der Waals surface area contributed by atoms with Gasteiger partial charge in [0, 0.05) is 33.9 Å². The lowest BCUT2D eigenvalue weighted by Gasteiger charge is -2.21. The second-order valence-corrected chi connectivity index (χ2v) is 5.42. The van der Waals surface area contributed by atoms with E-state index in [0.29, 0.717) is 0 Å². The maximum absolute atomic E-state index is 5.02. The fraction of sp³-hybridized carbons (Fsp3) is 0.933. The van der Waals surface area contributed by atoms with E-state index in [1.807, 2.05) is 7.05 Å². The number of nitrogens with zero attached hydrogens (tertiary/aromatic N) is 1. The third-order valence-corrected chi connectivity index (χ3v) is 3.85. The maximum Gasteiger partial charge on any atom is 0.190 e. The van der Waals surface area contributed by atoms with Crippen LogP contribution in [0.5, 0.6) is 0 Å². The second-order valence-electron chi connectivity index (χ2n) is 5.42. The standard InChI is InChI=1S/C15H31N3O/c1-16-15(18-12-7-13-19-2)17-11-6-10-14-8-4-3-5-9-14/h14H,3-13H2,1-2H3,(H2,16,17,18). The van der Waals surface area contributed by atoms with E-state index in [9.17, 15) is 0 Å². The molecule has 0 spiro atoms. The molecule has 0 aliphatic heterocycles. The molecule has 0 aromatic carbocycles. The van der Waals surface area contributed by atoms with Crippen LogP contribution in [0.4, 0.5) is 0 Å². The fourth-order valence-corrected chi connectivity index (χ4v) is 2.72. The van der Waals surface area contributed by atoms with E-state index in [1.165, 1.54) is 44.9 Å². The fourth-order valence-electron chi connectivity index (χ4n) is 2.72. The summed E-state index contributed by atoms with van der Waals surface area (Å²) in [4.78, 5) is 4.22. The summed E-state index contributed by atoms with van der Waals surface area (Å²) in [5, 5.41) is 6.69. The van der Waals surface area contributed by atoms with Crippen LogP contribution in [0.15, 0.2) is 4.99 Å². The Bertz CT molecular complexity index is 238. The third-order valence-electron chi connectivity index (χ3n) is 3.85. The first-order chi connectivity index (χ1) is 9.36. The zero-order valence-corrected chi connectivity index (χ0v) is 12.7. The molecule has 0 heterocycles. The summed E-state index contributed by atoms with van der Waals surface area (Å²) in [6.07, 6.45) is 10.9. The molecule has 0 aromatic rings. The Morgan fingerprint density at radius 3 is 2.42 bits per heavy atom. The van der Waals surface area contributed by atoms with Crippen molar-refractivity contribution in [3.8, 4) is 0 Å². The van der Waals surface area contributed by atoms with Gasteiger partial charge < -0.3 is 15.4 Å². The average molecular weight is 269 g/mol. The lowest BCUT2D eigenvalue weighted by Crippen LogP contribution is -2.38. The van der Waals surface area contributed by atoms with Crippen LogP contribution >= 0.6 is 0 Å². The molecular formula is C15H31N3O. The van der Waals surface area contributed by atoms with E-state index < -0.39 is 0 Å². The molecule has 1 rings (SSSR count). The number of hydrogen-bond donors (Lipinski definition) is 2. The van der Waals surface area contributed by atoms with Gasteiger partial charge in [-0.25, -0.2) is 0 Å². The van der Waals surface area contributed by atoms with Crippen molar-refractivity contribution in [1.29, 1.82) is 0 Å². The van der Waals surface area contributed by atoms with E-state index in [-0.39, 0.29) is 0 Å². The lowest BCUT2D eigenvalue weighted by molar-refractivity contribution is 0.195. The predicted molar refractivity (Wildman–Crippen MR) is 81.7 cm³/mol. The first-order valence-electron chi connectivity index (χ1n) is 7.80. The van der Waals surface area contributed by atoms with Gasteiger partial charge in [-0.3, -0.25) is 4.99 Å². The highest BCUT2D eigenvalue weighted by Gasteiger charge is 2.12. The quantitative estimate of drug-likeness (QED) is 0.404. The molecule has 1 fully saturated rings. The van der Waals surface area contributed by atoms with Crippen molar-refractivity contribution in [3.63, 3.8) is 0 Å². The third kappa shape index (κ3) is 8.09. The minimum absolute atomic E-state index is 0.797. The molecule has 1 aliphatic carbocycles. The number of rotatable bonds is 8. The van der Waals surface area contributed by atoms with Gasteiger partial charge in [-0.2, -0.15) is 0 Å². The summed E-state index contributed by atoms with van der Waals surface area (Å²) in [5.41, 5.74) is 0. The highest BCUT2D eigenvalue weighted by molar-refractivity contribution is 5.79. The van der Waals surface area contributed by atoms with E-state index in [4.69, 9.17) is 4.74 Å². The summed E-state index contributed by atoms with van der Waals surface area (Å²) in [6.45, 7) is 2.74. The number of methoxy groups -OCH3 is 1. The van der Waals surface area contributed by atoms with Crippen LogP contribution in [0.1, 0.15) is 51.4 Å². The Balaban J connectivity index is 1.99. The monoisotopic (exact) mass is 269 g/mol. The molecule has 4 heteroatoms. The van der Waals surface area contributed by atoms with Crippen molar-refractivity contribution in [2.75, 3.05) is 33.9 Å². The SMILES string of the molecule is CN=C(NCCCOC)NCCCC1CCCCC1. The van der Waals surface area contributed by atoms with E-state index >= 15 is 0 Å². The molecule has 0 atom stereocenters. The first kappa shape index (κ1) is 16.3. The Morgan fingerprint density at radius 2 is 1.79 bits per heavy atom. The van der Waals surface area contributed by atoms with E-state index in [0.717, 1.165) is 38.0 Å². The molecule has 0 saturated heterocycles. The average Bonchev–Trinajstić information content (AvgIpc) is 2.46. The topological polar surface area (TPSA) is 45.7 Å². The minimum atomic E-state index is 0.797. The van der Waals surface area contributed by atoms with Gasteiger partial charge in [0.1, 0.15) is 0 Å². The Labute approximate surface area is 118 Å². The number of guanidine groups is 1. The van der Waals surface area contributed by atoms with Gasteiger partial charge in [-0.15, -0.1) is 0 Å². The molecule has 112 valence electrons. The molecule has 0 radical (unpaired) electrons. The number of aliphatic imine (C=N–C) groups is 1. The van der Waals surface area contributed by atoms with Gasteiger partial charge >= 0.3 is 0 Å². The van der Waals surface area contributed by atoms with E-state index in [2.05, 4.69) is 15.6 Å². The summed E-state index contributed by atoms with van der Waals surface area (Å²) in [5.74, 6) is 1.90. The van der Waals surface area contributed by atoms with Gasteiger partial charge in [0.05, 0.1) is 0 Å². The summed E-state index contributed by atoms with van der Waals surface area (Å²) >= 11 is 0. The summed E-state index contributed by atoms with van der Waals surface area (Å²) in [6, 6.07) is 0. The van der Waals surface area contributed by atoms with Crippen LogP contribution in [0.3, 0.4) is 0 Å². The minimum Gasteiger partial charge on any atom is -0.385 e. The van der Waals surface area contributed by atoms with Crippen molar-refractivity contribution in [2.24, 2.45) is 10.9 Å². The number of hydrogen-bond acceptors (Lipinski definition) is 2. The molecule has 0 aromatic heterocycles. The molecular weight excluding hydrogens is 238 g/mol. The summed E-state index contributed by atoms with van der Waals surface area (Å²) < 4.78 is 5.02. The molecule has 1 saturated carbocycles. The van der Waals surface area contributed by atoms with Crippen LogP contribution in [-0.2, 0) is 4.74 Å². The van der Waals surface area contributed by atoms with Crippen LogP contribution in [-0.4, -0.2) is 39.8 Å². The smallest absolute Gasteiger partial charge is 0.190 e. The molecule has 0 unspecified atom stereocenters. The van der Waals surface area contributed by atoms with Crippen LogP contribution < -0.4 is 10.6 Å². The summed E-state index contributed by atoms with van der Waals surface area (Å²) in [7, 11) is 3.56. The van der Waals surface area contributed by atoms with Crippen molar-refractivity contribution in [3.05, 3.63) is 0 Å². The molecule has 1 aliphatic rings. The molecule has 2 N–H and O–H groups in total. The van der Waals surface area contributed by atoms with E-state index in [1.54, 1.807) is 7.11 Å². The van der Waals surface area contributed by atoms with Gasteiger partial charge in [0.25, 0.3) is 0 Å². The second kappa shape index (κ2) is 11.1. The number of nitrogens with one attached hydrogen (secondary N) is 2. The first-order valence-corrected chi connectivity index (χ1v) is 7.80. The Kier molecular flexibility index (Phi) is 9.51. The van der Waals surface area contributed by atoms with Crippen molar-refractivity contribution >= 4 is 5.96 Å². The normalized spacial score (nSPS) is 17.5. The lowest BCUT2D eigenvalue weighted by atomic mass is 9.86. The van der Waals surface area contributed by atoms with Crippen LogP contribution in [0.25, 0.3) is 0 Å². The molecule has 19 heavy (non-hydrogen) atoms. The Hall–Kier alpha value is -0.770. The molecule has 4 nitrogen and oxygen atoms in total. The van der Waals surface area contributed by atoms with Gasteiger partial charge in [-0.1, -0.05) is 32.1 Å². The Morgan fingerprint density at radius 1 is 1.11 bits per heavy atom. The van der Waals surface area contributed by atoms with Gasteiger partial charge in [0.15, 0.2) is 5.96 Å². The largest absolute Gasteiger partial charge is 0.385 e. The zero-order valence-electron chi connectivity index (χ0n) is 12.7.